The zero-order valence-corrected chi connectivity index (χ0v) is 13.9. The van der Waals surface area contributed by atoms with Crippen molar-refractivity contribution in [2.45, 2.75) is 40.7 Å². The molecule has 0 bridgehead atoms. The number of benzene rings is 1. The predicted octanol–water partition coefficient (Wildman–Crippen LogP) is 4.02. The van der Waals surface area contributed by atoms with Gasteiger partial charge in [-0.3, -0.25) is 9.48 Å². The van der Waals surface area contributed by atoms with E-state index in [9.17, 15) is 4.79 Å². The van der Waals surface area contributed by atoms with Crippen molar-refractivity contribution in [3.8, 4) is 0 Å². The van der Waals surface area contributed by atoms with E-state index in [-0.39, 0.29) is 5.78 Å². The number of nitrogens with zero attached hydrogens (tertiary/aromatic N) is 2. The zero-order valence-electron chi connectivity index (χ0n) is 12.3. The van der Waals surface area contributed by atoms with Gasteiger partial charge in [0.2, 0.25) is 0 Å². The summed E-state index contributed by atoms with van der Waals surface area (Å²) in [5.41, 5.74) is 4.82. The highest BCUT2D eigenvalue weighted by Gasteiger charge is 2.17. The lowest BCUT2D eigenvalue weighted by molar-refractivity contribution is 0.0989. The third kappa shape index (κ3) is 2.85. The third-order valence-electron chi connectivity index (χ3n) is 3.47. The molecule has 0 unspecified atom stereocenters. The van der Waals surface area contributed by atoms with Crippen LogP contribution in [-0.4, -0.2) is 15.6 Å². The second-order valence-corrected chi connectivity index (χ2v) is 5.87. The van der Waals surface area contributed by atoms with Crippen molar-refractivity contribution in [1.82, 2.24) is 9.78 Å². The summed E-state index contributed by atoms with van der Waals surface area (Å²) in [6, 6.07) is 5.99. The van der Waals surface area contributed by atoms with Crippen molar-refractivity contribution in [3.63, 3.8) is 0 Å². The van der Waals surface area contributed by atoms with E-state index in [1.165, 1.54) is 0 Å². The molecule has 3 nitrogen and oxygen atoms in total. The Hall–Kier alpha value is -1.42. The number of carbonyl (C=O) groups is 1. The van der Waals surface area contributed by atoms with Crippen LogP contribution in [0.4, 0.5) is 0 Å². The molecule has 4 heteroatoms. The van der Waals surface area contributed by atoms with Gasteiger partial charge in [-0.15, -0.1) is 0 Å². The molecule has 0 aliphatic carbocycles. The molecule has 0 radical (unpaired) electrons. The molecule has 0 aliphatic rings. The average Bonchev–Trinajstić information content (AvgIpc) is 2.69. The summed E-state index contributed by atoms with van der Waals surface area (Å²) in [7, 11) is 0. The number of aromatic nitrogens is 2. The minimum Gasteiger partial charge on any atom is -0.294 e. The summed E-state index contributed by atoms with van der Waals surface area (Å²) in [4.78, 5) is 12.6. The Morgan fingerprint density at radius 2 is 2.00 bits per heavy atom. The number of rotatable bonds is 4. The maximum atomic E-state index is 12.6. The van der Waals surface area contributed by atoms with Gasteiger partial charge in [0, 0.05) is 12.1 Å². The van der Waals surface area contributed by atoms with Gasteiger partial charge in [-0.1, -0.05) is 17.7 Å². The first-order chi connectivity index (χ1) is 9.43. The summed E-state index contributed by atoms with van der Waals surface area (Å²) < 4.78 is 2.83. The van der Waals surface area contributed by atoms with Crippen LogP contribution in [0.15, 0.2) is 22.7 Å². The maximum Gasteiger partial charge on any atom is 0.169 e. The monoisotopic (exact) mass is 334 g/mol. The van der Waals surface area contributed by atoms with Gasteiger partial charge in [0.05, 0.1) is 22.3 Å². The molecule has 106 valence electrons. The molecule has 0 atom stereocenters. The van der Waals surface area contributed by atoms with E-state index < -0.39 is 0 Å². The van der Waals surface area contributed by atoms with Gasteiger partial charge in [0.25, 0.3) is 0 Å². The lowest BCUT2D eigenvalue weighted by atomic mass is 9.99. The van der Waals surface area contributed by atoms with Crippen molar-refractivity contribution in [3.05, 3.63) is 50.8 Å². The molecule has 2 aromatic rings. The molecular weight excluding hydrogens is 316 g/mol. The lowest BCUT2D eigenvalue weighted by Gasteiger charge is -2.08. The second-order valence-electron chi connectivity index (χ2n) is 5.08. The fraction of sp³-hybridized carbons (Fsp3) is 0.375. The van der Waals surface area contributed by atoms with Gasteiger partial charge in [0.1, 0.15) is 0 Å². The molecule has 1 aromatic carbocycles. The van der Waals surface area contributed by atoms with Crippen molar-refractivity contribution >= 4 is 21.7 Å². The van der Waals surface area contributed by atoms with Crippen LogP contribution in [0, 0.1) is 20.8 Å². The van der Waals surface area contributed by atoms with Gasteiger partial charge in [-0.25, -0.2) is 0 Å². The fourth-order valence-corrected chi connectivity index (χ4v) is 2.75. The minimum absolute atomic E-state index is 0.140. The van der Waals surface area contributed by atoms with Crippen LogP contribution in [0.25, 0.3) is 0 Å². The van der Waals surface area contributed by atoms with Crippen molar-refractivity contribution < 1.29 is 4.79 Å². The van der Waals surface area contributed by atoms with Crippen molar-refractivity contribution in [1.29, 1.82) is 0 Å². The van der Waals surface area contributed by atoms with E-state index in [1.54, 1.807) is 0 Å². The lowest BCUT2D eigenvalue weighted by Crippen LogP contribution is -2.11. The normalized spacial score (nSPS) is 10.8. The van der Waals surface area contributed by atoms with E-state index in [1.807, 2.05) is 50.6 Å². The Kier molecular flexibility index (Phi) is 4.43. The Morgan fingerprint density at radius 1 is 1.30 bits per heavy atom. The summed E-state index contributed by atoms with van der Waals surface area (Å²) >= 11 is 3.54. The number of aryl methyl sites for hydroxylation is 4. The van der Waals surface area contributed by atoms with Crippen molar-refractivity contribution in [2.75, 3.05) is 0 Å². The van der Waals surface area contributed by atoms with Gasteiger partial charge >= 0.3 is 0 Å². The Morgan fingerprint density at radius 3 is 2.65 bits per heavy atom. The van der Waals surface area contributed by atoms with E-state index in [4.69, 9.17) is 0 Å². The van der Waals surface area contributed by atoms with Crippen LogP contribution < -0.4 is 0 Å². The molecule has 0 saturated heterocycles. The van der Waals surface area contributed by atoms with Crippen LogP contribution in [0.3, 0.4) is 0 Å². The molecule has 0 amide bonds. The molecule has 1 heterocycles. The van der Waals surface area contributed by atoms with Crippen molar-refractivity contribution in [2.24, 2.45) is 0 Å². The number of ketones is 1. The summed E-state index contributed by atoms with van der Waals surface area (Å²) in [5.74, 6) is 0.140. The topological polar surface area (TPSA) is 34.9 Å². The molecule has 1 aromatic heterocycles. The largest absolute Gasteiger partial charge is 0.294 e. The van der Waals surface area contributed by atoms with Gasteiger partial charge in [-0.05, 0) is 55.3 Å². The summed E-state index contributed by atoms with van der Waals surface area (Å²) in [5, 5.41) is 4.43. The molecular formula is C16H19BrN2O. The first-order valence-electron chi connectivity index (χ1n) is 6.76. The SMILES string of the molecule is CCn1nc(C)c(Br)c1CC(=O)c1cc(C)ccc1C. The van der Waals surface area contributed by atoms with Crippen LogP contribution in [0.1, 0.15) is 39.8 Å². The first kappa shape index (κ1) is 15.0. The summed E-state index contributed by atoms with van der Waals surface area (Å²) in [6.07, 6.45) is 0.375. The fourth-order valence-electron chi connectivity index (χ4n) is 2.32. The molecule has 0 saturated carbocycles. The third-order valence-corrected chi connectivity index (χ3v) is 4.51. The van der Waals surface area contributed by atoms with Crippen LogP contribution >= 0.6 is 15.9 Å². The molecule has 2 rings (SSSR count). The van der Waals surface area contributed by atoms with Gasteiger partial charge in [-0.2, -0.15) is 5.10 Å². The van der Waals surface area contributed by atoms with Gasteiger partial charge < -0.3 is 0 Å². The highest BCUT2D eigenvalue weighted by molar-refractivity contribution is 9.10. The van der Waals surface area contributed by atoms with E-state index in [0.29, 0.717) is 6.42 Å². The molecule has 0 spiro atoms. The van der Waals surface area contributed by atoms with Crippen LogP contribution in [0.5, 0.6) is 0 Å². The number of Topliss-reactive ketones (excluding diaryl/α,β-unsaturated/α-hetero) is 1. The number of hydrogen-bond acceptors (Lipinski definition) is 2. The standard InChI is InChI=1S/C16H19BrN2O/c1-5-19-14(16(17)12(4)18-19)9-15(20)13-8-10(2)6-7-11(13)3/h6-8H,5,9H2,1-4H3. The van der Waals surface area contributed by atoms with Crippen LogP contribution in [-0.2, 0) is 13.0 Å². The Bertz CT molecular complexity index is 659. The minimum atomic E-state index is 0.140. The number of hydrogen-bond donors (Lipinski definition) is 0. The van der Waals surface area contributed by atoms with E-state index in [0.717, 1.165) is 39.1 Å². The van der Waals surface area contributed by atoms with E-state index >= 15 is 0 Å². The number of halogens is 1. The highest BCUT2D eigenvalue weighted by atomic mass is 79.9. The molecule has 0 N–H and O–H groups in total. The predicted molar refractivity (Wildman–Crippen MR) is 84.3 cm³/mol. The first-order valence-corrected chi connectivity index (χ1v) is 7.55. The molecule has 20 heavy (non-hydrogen) atoms. The second kappa shape index (κ2) is 5.92. The Balaban J connectivity index is 2.35. The zero-order chi connectivity index (χ0) is 14.9. The average molecular weight is 335 g/mol. The molecule has 0 aliphatic heterocycles. The molecule has 0 fully saturated rings. The Labute approximate surface area is 128 Å². The van der Waals surface area contributed by atoms with Crippen LogP contribution in [0.2, 0.25) is 0 Å². The highest BCUT2D eigenvalue weighted by Crippen LogP contribution is 2.23. The maximum absolute atomic E-state index is 12.6. The quantitative estimate of drug-likeness (QED) is 0.791. The van der Waals surface area contributed by atoms with Gasteiger partial charge in [0.15, 0.2) is 5.78 Å². The smallest absolute Gasteiger partial charge is 0.169 e. The summed E-state index contributed by atoms with van der Waals surface area (Å²) in [6.45, 7) is 8.73. The van der Waals surface area contributed by atoms with E-state index in [2.05, 4.69) is 21.0 Å². The number of carbonyl (C=O) groups excluding carboxylic acids is 1.